The molecular weight excluding hydrogens is 270 g/mol. The molecule has 5 heteroatoms. The zero-order valence-corrected chi connectivity index (χ0v) is 11.3. The van der Waals surface area contributed by atoms with E-state index in [9.17, 15) is 14.7 Å². The number of nitrogens with zero attached hydrogens (tertiary/aromatic N) is 1. The Morgan fingerprint density at radius 1 is 1.38 bits per heavy atom. The molecule has 0 radical (unpaired) electrons. The number of carbonyl (C=O) groups is 2. The van der Waals surface area contributed by atoms with Gasteiger partial charge in [-0.05, 0) is 5.56 Å². The van der Waals surface area contributed by atoms with Gasteiger partial charge in [0.2, 0.25) is 5.91 Å². The van der Waals surface area contributed by atoms with E-state index in [2.05, 4.69) is 0 Å². The van der Waals surface area contributed by atoms with E-state index in [4.69, 9.17) is 4.74 Å². The van der Waals surface area contributed by atoms with Crippen LogP contribution in [0.5, 0.6) is 0 Å². The molecule has 3 aliphatic heterocycles. The third-order valence-electron chi connectivity index (χ3n) is 4.68. The van der Waals surface area contributed by atoms with Crippen LogP contribution in [0.4, 0.5) is 0 Å². The van der Waals surface area contributed by atoms with Crippen molar-refractivity contribution < 1.29 is 19.4 Å². The summed E-state index contributed by atoms with van der Waals surface area (Å²) in [5.74, 6) is -2.42. The molecule has 1 spiro atoms. The van der Waals surface area contributed by atoms with Gasteiger partial charge in [0.25, 0.3) is 0 Å². The van der Waals surface area contributed by atoms with E-state index < -0.39 is 29.5 Å². The van der Waals surface area contributed by atoms with Gasteiger partial charge in [0, 0.05) is 6.54 Å². The lowest BCUT2D eigenvalue weighted by atomic mass is 9.77. The molecule has 0 saturated carbocycles. The van der Waals surface area contributed by atoms with Crippen molar-refractivity contribution in [3.8, 4) is 0 Å². The second kappa shape index (κ2) is 4.18. The van der Waals surface area contributed by atoms with E-state index in [1.807, 2.05) is 36.4 Å². The van der Waals surface area contributed by atoms with Crippen LogP contribution in [-0.4, -0.2) is 40.1 Å². The Hall–Kier alpha value is -2.14. The minimum Gasteiger partial charge on any atom is -0.481 e. The molecule has 2 bridgehead atoms. The number of amides is 1. The first-order valence-corrected chi connectivity index (χ1v) is 7.03. The number of hydrogen-bond donors (Lipinski definition) is 1. The van der Waals surface area contributed by atoms with Crippen LogP contribution in [0.3, 0.4) is 0 Å². The Bertz CT molecular complexity index is 641. The highest BCUT2D eigenvalue weighted by atomic mass is 16.5. The molecule has 1 aromatic carbocycles. The minimum atomic E-state index is -0.953. The zero-order valence-electron chi connectivity index (χ0n) is 11.3. The molecule has 3 aliphatic rings. The molecule has 1 N–H and O–H groups in total. The molecule has 4 atom stereocenters. The first kappa shape index (κ1) is 12.6. The number of benzene rings is 1. The number of ether oxygens (including phenoxy) is 1. The van der Waals surface area contributed by atoms with Gasteiger partial charge < -0.3 is 14.7 Å². The summed E-state index contributed by atoms with van der Waals surface area (Å²) >= 11 is 0. The first-order valence-electron chi connectivity index (χ1n) is 7.03. The average molecular weight is 285 g/mol. The zero-order chi connectivity index (χ0) is 14.6. The Morgan fingerprint density at radius 2 is 2.14 bits per heavy atom. The molecule has 3 heterocycles. The molecule has 0 aliphatic carbocycles. The smallest absolute Gasteiger partial charge is 0.310 e. The van der Waals surface area contributed by atoms with E-state index in [0.717, 1.165) is 5.56 Å². The van der Waals surface area contributed by atoms with Gasteiger partial charge in [-0.25, -0.2) is 0 Å². The summed E-state index contributed by atoms with van der Waals surface area (Å²) in [7, 11) is 0. The first-order chi connectivity index (χ1) is 10.1. The van der Waals surface area contributed by atoms with E-state index in [-0.39, 0.29) is 5.91 Å². The lowest BCUT2D eigenvalue weighted by Crippen LogP contribution is -2.39. The van der Waals surface area contributed by atoms with Crippen LogP contribution >= 0.6 is 0 Å². The average Bonchev–Trinajstić information content (AvgIpc) is 3.09. The summed E-state index contributed by atoms with van der Waals surface area (Å²) in [4.78, 5) is 25.8. The normalized spacial score (nSPS) is 36.3. The van der Waals surface area contributed by atoms with Crippen molar-refractivity contribution in [3.05, 3.63) is 48.0 Å². The van der Waals surface area contributed by atoms with Crippen LogP contribution in [0, 0.1) is 11.8 Å². The number of aliphatic carboxylic acids is 1. The van der Waals surface area contributed by atoms with E-state index in [1.54, 1.807) is 11.0 Å². The summed E-state index contributed by atoms with van der Waals surface area (Å²) < 4.78 is 5.84. The highest BCUT2D eigenvalue weighted by Crippen LogP contribution is 2.52. The van der Waals surface area contributed by atoms with Crippen molar-refractivity contribution in [1.82, 2.24) is 4.90 Å². The van der Waals surface area contributed by atoms with Crippen LogP contribution in [0.25, 0.3) is 0 Å². The summed E-state index contributed by atoms with van der Waals surface area (Å²) in [6.07, 6.45) is 3.20. The maximum Gasteiger partial charge on any atom is 0.310 e. The van der Waals surface area contributed by atoms with Crippen molar-refractivity contribution in [2.45, 2.75) is 18.2 Å². The van der Waals surface area contributed by atoms with Crippen molar-refractivity contribution in [1.29, 1.82) is 0 Å². The lowest BCUT2D eigenvalue weighted by Gasteiger charge is -2.21. The number of carboxylic acids is 1. The van der Waals surface area contributed by atoms with Crippen molar-refractivity contribution in [2.24, 2.45) is 11.8 Å². The molecule has 2 saturated heterocycles. The molecule has 1 aromatic rings. The quantitative estimate of drug-likeness (QED) is 0.843. The van der Waals surface area contributed by atoms with Gasteiger partial charge in [-0.15, -0.1) is 0 Å². The number of carbonyl (C=O) groups excluding carboxylic acids is 1. The van der Waals surface area contributed by atoms with Gasteiger partial charge in [0.15, 0.2) is 0 Å². The third kappa shape index (κ3) is 1.67. The maximum absolute atomic E-state index is 12.6. The number of rotatable bonds is 3. The Labute approximate surface area is 121 Å². The van der Waals surface area contributed by atoms with Crippen LogP contribution in [0.2, 0.25) is 0 Å². The van der Waals surface area contributed by atoms with Crippen molar-refractivity contribution >= 4 is 11.9 Å². The van der Waals surface area contributed by atoms with E-state index in [0.29, 0.717) is 13.1 Å². The van der Waals surface area contributed by atoms with Gasteiger partial charge in [-0.1, -0.05) is 42.5 Å². The van der Waals surface area contributed by atoms with Gasteiger partial charge in [0.1, 0.15) is 11.5 Å². The van der Waals surface area contributed by atoms with Crippen molar-refractivity contribution in [2.75, 3.05) is 6.54 Å². The Morgan fingerprint density at radius 3 is 2.86 bits per heavy atom. The fraction of sp³-hybridized carbons (Fsp3) is 0.375. The molecule has 0 unspecified atom stereocenters. The highest BCUT2D eigenvalue weighted by molar-refractivity contribution is 5.90. The Kier molecular flexibility index (Phi) is 2.50. The SMILES string of the molecule is O=C(O)[C@H]1[C@@H]2C=C[C@]3(CN(Cc4ccccc4)C(=O)[C@H]13)O2. The predicted octanol–water partition coefficient (Wildman–Crippen LogP) is 1.05. The second-order valence-corrected chi connectivity index (χ2v) is 5.92. The number of carboxylic acid groups (broad SMARTS) is 1. The van der Waals surface area contributed by atoms with Crippen molar-refractivity contribution in [3.63, 3.8) is 0 Å². The number of fused-ring (bicyclic) bond motifs is 1. The predicted molar refractivity (Wildman–Crippen MR) is 73.2 cm³/mol. The fourth-order valence-electron chi connectivity index (χ4n) is 3.80. The van der Waals surface area contributed by atoms with Crippen LogP contribution < -0.4 is 0 Å². The summed E-state index contributed by atoms with van der Waals surface area (Å²) in [6.45, 7) is 0.925. The summed E-state index contributed by atoms with van der Waals surface area (Å²) in [5.41, 5.74) is 0.298. The lowest BCUT2D eigenvalue weighted by molar-refractivity contribution is -0.148. The molecule has 1 amide bonds. The number of likely N-dealkylation sites (tertiary alicyclic amines) is 1. The molecule has 4 rings (SSSR count). The van der Waals surface area contributed by atoms with Crippen LogP contribution in [0.15, 0.2) is 42.5 Å². The van der Waals surface area contributed by atoms with Crippen LogP contribution in [-0.2, 0) is 20.9 Å². The van der Waals surface area contributed by atoms with Gasteiger partial charge >= 0.3 is 5.97 Å². The van der Waals surface area contributed by atoms with Gasteiger partial charge in [0.05, 0.1) is 18.6 Å². The summed E-state index contributed by atoms with van der Waals surface area (Å²) in [6, 6.07) is 9.70. The van der Waals surface area contributed by atoms with Gasteiger partial charge in [-0.3, -0.25) is 9.59 Å². The molecule has 2 fully saturated rings. The minimum absolute atomic E-state index is 0.113. The van der Waals surface area contributed by atoms with E-state index in [1.165, 1.54) is 0 Å². The molecule has 0 aromatic heterocycles. The number of hydrogen-bond acceptors (Lipinski definition) is 3. The van der Waals surface area contributed by atoms with Crippen LogP contribution in [0.1, 0.15) is 5.56 Å². The molecule has 5 nitrogen and oxygen atoms in total. The third-order valence-corrected chi connectivity index (χ3v) is 4.68. The molecule has 108 valence electrons. The fourth-order valence-corrected chi connectivity index (χ4v) is 3.80. The van der Waals surface area contributed by atoms with E-state index >= 15 is 0 Å². The molecule has 21 heavy (non-hydrogen) atoms. The Balaban J connectivity index is 1.63. The topological polar surface area (TPSA) is 66.8 Å². The maximum atomic E-state index is 12.6. The summed E-state index contributed by atoms with van der Waals surface area (Å²) in [5, 5.41) is 9.39. The molecular formula is C16H15NO4. The largest absolute Gasteiger partial charge is 0.481 e. The second-order valence-electron chi connectivity index (χ2n) is 5.92. The highest BCUT2D eigenvalue weighted by Gasteiger charge is 2.66. The van der Waals surface area contributed by atoms with Gasteiger partial charge in [-0.2, -0.15) is 0 Å². The monoisotopic (exact) mass is 285 g/mol. The standard InChI is InChI=1S/C16H15NO4/c18-14-13-12(15(19)20)11-6-7-16(13,21-11)9-17(14)8-10-4-2-1-3-5-10/h1-7,11-13H,8-9H2,(H,19,20)/t11-,12-,13-,16+/m0/s1.